The molecule has 1 aromatic carbocycles. The Balaban J connectivity index is 2.67. The fraction of sp³-hybridized carbons (Fsp3) is 0.364. The Morgan fingerprint density at radius 3 is 2.47 bits per heavy atom. The van der Waals surface area contributed by atoms with Gasteiger partial charge >= 0.3 is 0 Å². The molecule has 0 saturated heterocycles. The third-order valence-corrected chi connectivity index (χ3v) is 2.20. The first-order valence-corrected chi connectivity index (χ1v) is 4.87. The molecule has 0 bridgehead atoms. The van der Waals surface area contributed by atoms with E-state index in [0.717, 1.165) is 11.1 Å². The number of amides is 1. The molecule has 4 nitrogen and oxygen atoms in total. The molecule has 1 amide bonds. The van der Waals surface area contributed by atoms with E-state index in [1.165, 1.54) is 0 Å². The van der Waals surface area contributed by atoms with Crippen molar-refractivity contribution in [3.05, 3.63) is 35.4 Å². The highest BCUT2D eigenvalue weighted by Crippen LogP contribution is 2.09. The fourth-order valence-corrected chi connectivity index (χ4v) is 1.52. The molecule has 0 radical (unpaired) electrons. The molecule has 0 aliphatic carbocycles. The second kappa shape index (κ2) is 5.48. The first-order valence-electron chi connectivity index (χ1n) is 4.87. The molecule has 0 unspecified atom stereocenters. The zero-order valence-electron chi connectivity index (χ0n) is 8.94. The number of benzene rings is 1. The van der Waals surface area contributed by atoms with E-state index in [-0.39, 0.29) is 12.5 Å². The van der Waals surface area contributed by atoms with Crippen molar-refractivity contribution in [2.24, 2.45) is 11.5 Å². The summed E-state index contributed by atoms with van der Waals surface area (Å²) in [5.41, 5.74) is 13.0. The van der Waals surface area contributed by atoms with Crippen LogP contribution in [0.2, 0.25) is 0 Å². The minimum absolute atomic E-state index is 0.263. The molecular formula is C11H17N3O. The van der Waals surface area contributed by atoms with E-state index in [4.69, 9.17) is 11.5 Å². The lowest BCUT2D eigenvalue weighted by molar-refractivity contribution is -0.118. The Morgan fingerprint density at radius 2 is 1.93 bits per heavy atom. The van der Waals surface area contributed by atoms with Crippen molar-refractivity contribution in [1.82, 2.24) is 4.90 Å². The quantitative estimate of drug-likeness (QED) is 0.717. The molecule has 0 heterocycles. The molecule has 0 fully saturated rings. The van der Waals surface area contributed by atoms with E-state index in [9.17, 15) is 4.79 Å². The Morgan fingerprint density at radius 1 is 1.33 bits per heavy atom. The Kier molecular flexibility index (Phi) is 4.27. The van der Waals surface area contributed by atoms with E-state index < -0.39 is 0 Å². The normalized spacial score (nSPS) is 10.6. The molecule has 0 aromatic heterocycles. The predicted molar refractivity (Wildman–Crippen MR) is 59.9 cm³/mol. The summed E-state index contributed by atoms with van der Waals surface area (Å²) in [6, 6.07) is 7.93. The average Bonchev–Trinajstić information content (AvgIpc) is 2.17. The fourth-order valence-electron chi connectivity index (χ4n) is 1.52. The molecule has 0 atom stereocenters. The van der Waals surface area contributed by atoms with Crippen LogP contribution in [0.25, 0.3) is 0 Å². The largest absolute Gasteiger partial charge is 0.369 e. The molecule has 4 N–H and O–H groups in total. The highest BCUT2D eigenvalue weighted by atomic mass is 16.1. The van der Waals surface area contributed by atoms with Gasteiger partial charge in [0.2, 0.25) is 5.91 Å². The third-order valence-electron chi connectivity index (χ3n) is 2.20. The van der Waals surface area contributed by atoms with E-state index in [1.807, 2.05) is 36.2 Å². The number of hydrogen-bond acceptors (Lipinski definition) is 3. The standard InChI is InChI=1S/C11H17N3O/c1-14(8-11(13)15)7-10-5-3-2-4-9(10)6-12/h2-5H,6-8,12H2,1H3,(H2,13,15). The number of rotatable bonds is 5. The summed E-state index contributed by atoms with van der Waals surface area (Å²) in [5.74, 6) is -0.317. The van der Waals surface area contributed by atoms with Crippen molar-refractivity contribution in [2.45, 2.75) is 13.1 Å². The highest BCUT2D eigenvalue weighted by Gasteiger charge is 2.06. The monoisotopic (exact) mass is 207 g/mol. The average molecular weight is 207 g/mol. The van der Waals surface area contributed by atoms with Crippen LogP contribution < -0.4 is 11.5 Å². The minimum Gasteiger partial charge on any atom is -0.369 e. The van der Waals surface area contributed by atoms with Crippen LogP contribution >= 0.6 is 0 Å². The SMILES string of the molecule is CN(CC(N)=O)Cc1ccccc1CN. The van der Waals surface area contributed by atoms with Gasteiger partial charge in [-0.2, -0.15) is 0 Å². The summed E-state index contributed by atoms with van der Waals surface area (Å²) in [5, 5.41) is 0. The topological polar surface area (TPSA) is 72.3 Å². The Bertz CT molecular complexity index is 338. The summed E-state index contributed by atoms with van der Waals surface area (Å²) in [6.07, 6.45) is 0. The van der Waals surface area contributed by atoms with Gasteiger partial charge in [0.05, 0.1) is 6.54 Å². The molecule has 1 aromatic rings. The number of carbonyl (C=O) groups is 1. The predicted octanol–water partition coefficient (Wildman–Crippen LogP) is 0.0624. The number of hydrogen-bond donors (Lipinski definition) is 2. The van der Waals surface area contributed by atoms with E-state index in [0.29, 0.717) is 13.1 Å². The van der Waals surface area contributed by atoms with Crippen molar-refractivity contribution < 1.29 is 4.79 Å². The zero-order valence-corrected chi connectivity index (χ0v) is 8.94. The molecule has 0 aliphatic rings. The van der Waals surface area contributed by atoms with Gasteiger partial charge in [0, 0.05) is 13.1 Å². The van der Waals surface area contributed by atoms with Crippen LogP contribution in [0.5, 0.6) is 0 Å². The van der Waals surface area contributed by atoms with E-state index in [2.05, 4.69) is 0 Å². The molecular weight excluding hydrogens is 190 g/mol. The first kappa shape index (κ1) is 11.7. The van der Waals surface area contributed by atoms with Crippen LogP contribution in [-0.2, 0) is 17.9 Å². The summed E-state index contributed by atoms with van der Waals surface area (Å²) in [4.78, 5) is 12.6. The number of nitrogens with zero attached hydrogens (tertiary/aromatic N) is 1. The van der Waals surface area contributed by atoms with Gasteiger partial charge in [-0.1, -0.05) is 24.3 Å². The molecule has 0 saturated carbocycles. The van der Waals surface area contributed by atoms with Gasteiger partial charge in [0.25, 0.3) is 0 Å². The number of likely N-dealkylation sites (N-methyl/N-ethyl adjacent to an activating group) is 1. The van der Waals surface area contributed by atoms with Gasteiger partial charge in [0.15, 0.2) is 0 Å². The number of carbonyl (C=O) groups excluding carboxylic acids is 1. The Labute approximate surface area is 89.9 Å². The van der Waals surface area contributed by atoms with Gasteiger partial charge in [-0.3, -0.25) is 9.69 Å². The van der Waals surface area contributed by atoms with Crippen LogP contribution in [0.15, 0.2) is 24.3 Å². The lowest BCUT2D eigenvalue weighted by Gasteiger charge is -2.16. The second-order valence-electron chi connectivity index (χ2n) is 3.61. The molecule has 0 aliphatic heterocycles. The maximum Gasteiger partial charge on any atom is 0.231 e. The van der Waals surface area contributed by atoms with Crippen molar-refractivity contribution in [3.8, 4) is 0 Å². The molecule has 0 spiro atoms. The zero-order chi connectivity index (χ0) is 11.3. The van der Waals surface area contributed by atoms with Crippen LogP contribution in [0.4, 0.5) is 0 Å². The maximum atomic E-state index is 10.7. The number of primary amides is 1. The lowest BCUT2D eigenvalue weighted by atomic mass is 10.1. The summed E-state index contributed by atoms with van der Waals surface area (Å²) in [6.45, 7) is 1.47. The minimum atomic E-state index is -0.317. The van der Waals surface area contributed by atoms with Gasteiger partial charge in [-0.05, 0) is 18.2 Å². The summed E-state index contributed by atoms with van der Waals surface area (Å²) >= 11 is 0. The van der Waals surface area contributed by atoms with Gasteiger partial charge in [-0.15, -0.1) is 0 Å². The lowest BCUT2D eigenvalue weighted by Crippen LogP contribution is -2.30. The first-order chi connectivity index (χ1) is 7.13. The smallest absolute Gasteiger partial charge is 0.231 e. The number of nitrogens with two attached hydrogens (primary N) is 2. The molecule has 82 valence electrons. The van der Waals surface area contributed by atoms with Crippen LogP contribution in [-0.4, -0.2) is 24.4 Å². The van der Waals surface area contributed by atoms with Crippen LogP contribution in [0, 0.1) is 0 Å². The third kappa shape index (κ3) is 3.69. The van der Waals surface area contributed by atoms with E-state index >= 15 is 0 Å². The molecule has 4 heteroatoms. The van der Waals surface area contributed by atoms with Crippen LogP contribution in [0.3, 0.4) is 0 Å². The highest BCUT2D eigenvalue weighted by molar-refractivity contribution is 5.75. The molecule has 15 heavy (non-hydrogen) atoms. The van der Waals surface area contributed by atoms with E-state index in [1.54, 1.807) is 0 Å². The second-order valence-corrected chi connectivity index (χ2v) is 3.61. The molecule has 1 rings (SSSR count). The van der Waals surface area contributed by atoms with Crippen molar-refractivity contribution >= 4 is 5.91 Å². The van der Waals surface area contributed by atoms with Crippen molar-refractivity contribution in [3.63, 3.8) is 0 Å². The van der Waals surface area contributed by atoms with Gasteiger partial charge in [0.1, 0.15) is 0 Å². The van der Waals surface area contributed by atoms with Gasteiger partial charge < -0.3 is 11.5 Å². The summed E-state index contributed by atoms with van der Waals surface area (Å²) < 4.78 is 0. The van der Waals surface area contributed by atoms with Crippen molar-refractivity contribution in [1.29, 1.82) is 0 Å². The van der Waals surface area contributed by atoms with Crippen LogP contribution in [0.1, 0.15) is 11.1 Å². The van der Waals surface area contributed by atoms with Gasteiger partial charge in [-0.25, -0.2) is 0 Å². The maximum absolute atomic E-state index is 10.7. The Hall–Kier alpha value is -1.39. The summed E-state index contributed by atoms with van der Waals surface area (Å²) in [7, 11) is 1.86. The van der Waals surface area contributed by atoms with Crippen molar-refractivity contribution in [2.75, 3.05) is 13.6 Å².